The van der Waals surface area contributed by atoms with Crippen LogP contribution in [0.3, 0.4) is 0 Å². The highest BCUT2D eigenvalue weighted by Gasteiger charge is 2.22. The quantitative estimate of drug-likeness (QED) is 0.894. The summed E-state index contributed by atoms with van der Waals surface area (Å²) in [5.74, 6) is 1.31. The second-order valence-electron chi connectivity index (χ2n) is 6.05. The summed E-state index contributed by atoms with van der Waals surface area (Å²) in [6.07, 6.45) is 3.71. The number of benzene rings is 1. The lowest BCUT2D eigenvalue weighted by molar-refractivity contribution is 0.255. The van der Waals surface area contributed by atoms with Gasteiger partial charge in [-0.15, -0.1) is 0 Å². The van der Waals surface area contributed by atoms with E-state index in [-0.39, 0.29) is 0 Å². The molecule has 0 aromatic heterocycles. The van der Waals surface area contributed by atoms with Crippen LogP contribution in [-0.2, 0) is 0 Å². The average Bonchev–Trinajstić information content (AvgIpc) is 2.94. The molecule has 2 saturated heterocycles. The van der Waals surface area contributed by atoms with Gasteiger partial charge in [-0.2, -0.15) is 0 Å². The summed E-state index contributed by atoms with van der Waals surface area (Å²) in [7, 11) is 2.20. The highest BCUT2D eigenvalue weighted by atomic mass is 35.5. The standard InChI is InChI=1S/C16H23ClN2/c1-19-8-5-12(6-9-19)15-3-2-13(10-16(15)17)14-4-7-18-11-14/h2-3,10,12,14,18H,4-9,11H2,1H3. The van der Waals surface area contributed by atoms with Gasteiger partial charge in [0.2, 0.25) is 0 Å². The Labute approximate surface area is 121 Å². The van der Waals surface area contributed by atoms with Gasteiger partial charge in [0.1, 0.15) is 0 Å². The number of hydrogen-bond acceptors (Lipinski definition) is 2. The monoisotopic (exact) mass is 278 g/mol. The Hall–Kier alpha value is -0.570. The largest absolute Gasteiger partial charge is 0.316 e. The lowest BCUT2D eigenvalue weighted by Gasteiger charge is -2.30. The fourth-order valence-corrected chi connectivity index (χ4v) is 3.73. The van der Waals surface area contributed by atoms with E-state index in [0.29, 0.717) is 11.8 Å². The molecule has 0 radical (unpaired) electrons. The molecule has 3 heteroatoms. The molecule has 0 amide bonds. The van der Waals surface area contributed by atoms with Gasteiger partial charge in [-0.25, -0.2) is 0 Å². The summed E-state index contributed by atoms with van der Waals surface area (Å²) in [4.78, 5) is 2.41. The van der Waals surface area contributed by atoms with E-state index in [1.165, 1.54) is 43.5 Å². The molecule has 2 aliphatic rings. The first-order chi connectivity index (χ1) is 9.24. The first-order valence-electron chi connectivity index (χ1n) is 7.42. The van der Waals surface area contributed by atoms with Gasteiger partial charge in [-0.3, -0.25) is 0 Å². The van der Waals surface area contributed by atoms with Crippen molar-refractivity contribution in [3.8, 4) is 0 Å². The average molecular weight is 279 g/mol. The van der Waals surface area contributed by atoms with Crippen LogP contribution in [-0.4, -0.2) is 38.1 Å². The molecule has 104 valence electrons. The predicted octanol–water partition coefficient (Wildman–Crippen LogP) is 3.23. The Balaban J connectivity index is 1.75. The first kappa shape index (κ1) is 13.4. The Morgan fingerprint density at radius 3 is 2.58 bits per heavy atom. The summed E-state index contributed by atoms with van der Waals surface area (Å²) in [5, 5.41) is 4.41. The fraction of sp³-hybridized carbons (Fsp3) is 0.625. The van der Waals surface area contributed by atoms with E-state index >= 15 is 0 Å². The number of likely N-dealkylation sites (tertiary alicyclic amines) is 1. The van der Waals surface area contributed by atoms with Crippen molar-refractivity contribution < 1.29 is 0 Å². The van der Waals surface area contributed by atoms with Crippen LogP contribution >= 0.6 is 11.6 Å². The zero-order valence-corrected chi connectivity index (χ0v) is 12.4. The lowest BCUT2D eigenvalue weighted by atomic mass is 9.87. The van der Waals surface area contributed by atoms with E-state index in [1.807, 2.05) is 0 Å². The number of halogens is 1. The smallest absolute Gasteiger partial charge is 0.0443 e. The molecule has 0 spiro atoms. The molecule has 2 heterocycles. The number of nitrogens with one attached hydrogen (secondary N) is 1. The maximum Gasteiger partial charge on any atom is 0.0443 e. The Bertz CT molecular complexity index is 432. The summed E-state index contributed by atoms with van der Waals surface area (Å²) < 4.78 is 0. The van der Waals surface area contributed by atoms with Crippen molar-refractivity contribution in [1.29, 1.82) is 0 Å². The van der Waals surface area contributed by atoms with Gasteiger partial charge < -0.3 is 10.2 Å². The fourth-order valence-electron chi connectivity index (χ4n) is 3.39. The lowest BCUT2D eigenvalue weighted by Crippen LogP contribution is -2.29. The van der Waals surface area contributed by atoms with Crippen LogP contribution in [0.15, 0.2) is 18.2 Å². The summed E-state index contributed by atoms with van der Waals surface area (Å²) >= 11 is 6.54. The number of piperidine rings is 1. The number of hydrogen-bond donors (Lipinski definition) is 1. The van der Waals surface area contributed by atoms with Gasteiger partial charge in [0.15, 0.2) is 0 Å². The third-order valence-corrected chi connectivity index (χ3v) is 5.04. The third kappa shape index (κ3) is 2.96. The summed E-state index contributed by atoms with van der Waals surface area (Å²) in [6, 6.07) is 6.80. The van der Waals surface area contributed by atoms with Crippen LogP contribution in [0.4, 0.5) is 0 Å². The minimum absolute atomic E-state index is 0.652. The third-order valence-electron chi connectivity index (χ3n) is 4.71. The summed E-state index contributed by atoms with van der Waals surface area (Å²) in [5.41, 5.74) is 2.77. The minimum atomic E-state index is 0.652. The first-order valence-corrected chi connectivity index (χ1v) is 7.80. The molecule has 0 saturated carbocycles. The molecule has 1 unspecified atom stereocenters. The van der Waals surface area contributed by atoms with E-state index < -0.39 is 0 Å². The Morgan fingerprint density at radius 2 is 1.95 bits per heavy atom. The minimum Gasteiger partial charge on any atom is -0.316 e. The number of nitrogens with zero attached hydrogens (tertiary/aromatic N) is 1. The van der Waals surface area contributed by atoms with E-state index in [1.54, 1.807) is 0 Å². The van der Waals surface area contributed by atoms with Crippen molar-refractivity contribution >= 4 is 11.6 Å². The van der Waals surface area contributed by atoms with Crippen LogP contribution in [0.2, 0.25) is 5.02 Å². The van der Waals surface area contributed by atoms with Crippen molar-refractivity contribution in [1.82, 2.24) is 10.2 Å². The molecule has 3 rings (SSSR count). The van der Waals surface area contributed by atoms with Crippen molar-refractivity contribution in [3.05, 3.63) is 34.3 Å². The number of rotatable bonds is 2. The molecule has 1 aromatic rings. The van der Waals surface area contributed by atoms with Crippen LogP contribution < -0.4 is 5.32 Å². The molecule has 0 bridgehead atoms. The normalized spacial score (nSPS) is 25.9. The highest BCUT2D eigenvalue weighted by Crippen LogP contribution is 2.35. The van der Waals surface area contributed by atoms with Crippen LogP contribution in [0, 0.1) is 0 Å². The molecular weight excluding hydrogens is 256 g/mol. The molecule has 1 aromatic carbocycles. The van der Waals surface area contributed by atoms with Crippen molar-refractivity contribution in [2.24, 2.45) is 0 Å². The van der Waals surface area contributed by atoms with Gasteiger partial charge in [0.05, 0.1) is 0 Å². The molecule has 2 nitrogen and oxygen atoms in total. The van der Waals surface area contributed by atoms with Crippen LogP contribution in [0.1, 0.15) is 42.2 Å². The SMILES string of the molecule is CN1CCC(c2ccc(C3CCNC3)cc2Cl)CC1. The van der Waals surface area contributed by atoms with Gasteiger partial charge in [-0.1, -0.05) is 23.7 Å². The predicted molar refractivity (Wildman–Crippen MR) is 81.2 cm³/mol. The zero-order valence-electron chi connectivity index (χ0n) is 11.7. The van der Waals surface area contributed by atoms with Gasteiger partial charge in [0.25, 0.3) is 0 Å². The Kier molecular flexibility index (Phi) is 4.11. The van der Waals surface area contributed by atoms with E-state index in [4.69, 9.17) is 11.6 Å². The van der Waals surface area contributed by atoms with Crippen LogP contribution in [0.25, 0.3) is 0 Å². The maximum absolute atomic E-state index is 6.54. The van der Waals surface area contributed by atoms with Gasteiger partial charge in [0, 0.05) is 11.6 Å². The molecule has 19 heavy (non-hydrogen) atoms. The van der Waals surface area contributed by atoms with Crippen molar-refractivity contribution in [2.45, 2.75) is 31.1 Å². The van der Waals surface area contributed by atoms with Gasteiger partial charge in [-0.05, 0) is 75.0 Å². The topological polar surface area (TPSA) is 15.3 Å². The van der Waals surface area contributed by atoms with E-state index in [9.17, 15) is 0 Å². The van der Waals surface area contributed by atoms with Crippen molar-refractivity contribution in [2.75, 3.05) is 33.2 Å². The summed E-state index contributed by atoms with van der Waals surface area (Å²) in [6.45, 7) is 4.62. The molecular formula is C16H23ClN2. The molecule has 2 fully saturated rings. The van der Waals surface area contributed by atoms with E-state index in [0.717, 1.165) is 18.1 Å². The molecule has 2 aliphatic heterocycles. The van der Waals surface area contributed by atoms with Crippen LogP contribution in [0.5, 0.6) is 0 Å². The molecule has 0 aliphatic carbocycles. The second-order valence-corrected chi connectivity index (χ2v) is 6.46. The van der Waals surface area contributed by atoms with Crippen molar-refractivity contribution in [3.63, 3.8) is 0 Å². The Morgan fingerprint density at radius 1 is 1.16 bits per heavy atom. The van der Waals surface area contributed by atoms with E-state index in [2.05, 4.69) is 35.5 Å². The molecule has 1 atom stereocenters. The molecule has 1 N–H and O–H groups in total. The van der Waals surface area contributed by atoms with Gasteiger partial charge >= 0.3 is 0 Å². The zero-order chi connectivity index (χ0) is 13.2. The highest BCUT2D eigenvalue weighted by molar-refractivity contribution is 6.31. The second kappa shape index (κ2) is 5.82. The maximum atomic E-state index is 6.54.